The van der Waals surface area contributed by atoms with Crippen molar-refractivity contribution < 1.29 is 0 Å². The summed E-state index contributed by atoms with van der Waals surface area (Å²) in [7, 11) is 0. The first-order chi connectivity index (χ1) is 27.6. The van der Waals surface area contributed by atoms with Crippen LogP contribution in [-0.4, -0.2) is 6.71 Å². The van der Waals surface area contributed by atoms with Crippen LogP contribution in [-0.2, 0) is 5.41 Å². The molecule has 0 saturated heterocycles. The monoisotopic (exact) mass is 740 g/mol. The van der Waals surface area contributed by atoms with Crippen molar-refractivity contribution in [2.75, 3.05) is 10.2 Å². The Bertz CT molecular complexity index is 2500. The van der Waals surface area contributed by atoms with E-state index in [0.29, 0.717) is 17.8 Å². The molecular weight excluding hydrogens is 687 g/mol. The van der Waals surface area contributed by atoms with Crippen molar-refractivity contribution in [1.82, 2.24) is 0 Å². The number of fused-ring (bicyclic) bond motifs is 4. The molecule has 0 bridgehead atoms. The van der Waals surface area contributed by atoms with E-state index in [1.165, 1.54) is 89.2 Å². The van der Waals surface area contributed by atoms with Crippen LogP contribution in [0.1, 0.15) is 109 Å². The Morgan fingerprint density at radius 3 is 1.53 bits per heavy atom. The number of anilines is 5. The Balaban J connectivity index is 1.30. The Kier molecular flexibility index (Phi) is 9.24. The fourth-order valence-electron chi connectivity index (χ4n) is 9.88. The van der Waals surface area contributed by atoms with Crippen LogP contribution in [0.5, 0.6) is 0 Å². The number of aryl methyl sites for hydroxylation is 2. The van der Waals surface area contributed by atoms with Crippen molar-refractivity contribution in [1.29, 1.82) is 0 Å². The maximum absolute atomic E-state index is 3.95. The lowest BCUT2D eigenvalue weighted by atomic mass is 9.33. The molecular formula is C54H53BN2. The fraction of sp³-hybridized carbons (Fsp3) is 0.222. The van der Waals surface area contributed by atoms with E-state index in [9.17, 15) is 0 Å². The van der Waals surface area contributed by atoms with Crippen molar-refractivity contribution in [2.45, 2.75) is 78.6 Å². The van der Waals surface area contributed by atoms with Crippen molar-refractivity contribution in [3.63, 3.8) is 0 Å². The summed E-state index contributed by atoms with van der Waals surface area (Å²) in [5.41, 5.74) is 21.5. The van der Waals surface area contributed by atoms with E-state index in [4.69, 9.17) is 0 Å². The van der Waals surface area contributed by atoms with Crippen LogP contribution in [0.25, 0.3) is 0 Å². The molecule has 2 nitrogen and oxygen atoms in total. The van der Waals surface area contributed by atoms with Crippen LogP contribution in [0.4, 0.5) is 28.4 Å². The lowest BCUT2D eigenvalue weighted by Gasteiger charge is -2.47. The van der Waals surface area contributed by atoms with Crippen LogP contribution < -0.4 is 26.6 Å². The second-order valence-electron chi connectivity index (χ2n) is 17.4. The van der Waals surface area contributed by atoms with Gasteiger partial charge in [0.1, 0.15) is 0 Å². The molecule has 0 spiro atoms. The molecule has 0 radical (unpaired) electrons. The van der Waals surface area contributed by atoms with E-state index < -0.39 is 5.41 Å². The molecule has 282 valence electrons. The Labute approximate surface area is 340 Å². The first kappa shape index (κ1) is 36.8. The molecule has 2 aliphatic rings. The van der Waals surface area contributed by atoms with Gasteiger partial charge in [0.05, 0.1) is 16.8 Å². The van der Waals surface area contributed by atoms with Crippen LogP contribution >= 0.6 is 0 Å². The topological polar surface area (TPSA) is 15.3 Å². The average molecular weight is 741 g/mol. The third-order valence-corrected chi connectivity index (χ3v) is 12.6. The van der Waals surface area contributed by atoms with Crippen molar-refractivity contribution in [3.05, 3.63) is 202 Å². The second kappa shape index (κ2) is 14.3. The molecule has 9 rings (SSSR count). The summed E-state index contributed by atoms with van der Waals surface area (Å²) in [5.74, 6) is 1.25. The van der Waals surface area contributed by atoms with Crippen LogP contribution in [0.3, 0.4) is 0 Å². The average Bonchev–Trinajstić information content (AvgIpc) is 3.22. The number of hydrogen-bond acceptors (Lipinski definition) is 2. The van der Waals surface area contributed by atoms with Gasteiger partial charge in [-0.15, -0.1) is 0 Å². The molecule has 7 aromatic rings. The highest BCUT2D eigenvalue weighted by Crippen LogP contribution is 2.58. The van der Waals surface area contributed by atoms with Gasteiger partial charge in [0, 0.05) is 17.1 Å². The molecule has 2 heterocycles. The first-order valence-corrected chi connectivity index (χ1v) is 20.9. The zero-order chi connectivity index (χ0) is 39.6. The molecule has 0 fully saturated rings. The van der Waals surface area contributed by atoms with Gasteiger partial charge in [0.15, 0.2) is 0 Å². The Hall–Kier alpha value is -5.80. The molecule has 0 atom stereocenters. The smallest absolute Gasteiger partial charge is 0.247 e. The molecule has 1 N–H and O–H groups in total. The van der Waals surface area contributed by atoms with Gasteiger partial charge in [-0.1, -0.05) is 179 Å². The summed E-state index contributed by atoms with van der Waals surface area (Å²) in [4.78, 5) is 2.52. The van der Waals surface area contributed by atoms with E-state index in [1.54, 1.807) is 0 Å². The summed E-state index contributed by atoms with van der Waals surface area (Å²) < 4.78 is 0. The van der Waals surface area contributed by atoms with Crippen LogP contribution in [0.2, 0.25) is 0 Å². The summed E-state index contributed by atoms with van der Waals surface area (Å²) >= 11 is 0. The van der Waals surface area contributed by atoms with Gasteiger partial charge >= 0.3 is 0 Å². The molecule has 2 aliphatic heterocycles. The van der Waals surface area contributed by atoms with Gasteiger partial charge in [-0.05, 0) is 112 Å². The highest BCUT2D eigenvalue weighted by Gasteiger charge is 2.47. The molecule has 0 unspecified atom stereocenters. The third-order valence-electron chi connectivity index (χ3n) is 12.6. The molecule has 57 heavy (non-hydrogen) atoms. The number of para-hydroxylation sites is 1. The predicted molar refractivity (Wildman–Crippen MR) is 246 cm³/mol. The van der Waals surface area contributed by atoms with E-state index in [1.807, 2.05) is 0 Å². The molecule has 7 aromatic carbocycles. The standard InChI is InChI=1S/C54H53BN2/c1-34(2)39-31-43(35(3)4)53(44(32-39)36(5)6)55-47-21-15-16-22-49(47)56-50-33-42(25-26-48(50)55)57-51-27-23-37(7)29-45(51)54(40-17-11-9-12-18-40,41-19-13-10-14-20-41)46-30-38(8)24-28-52(46)57/h9-36,56H,1-8H3. The van der Waals surface area contributed by atoms with Gasteiger partial charge in [0.25, 0.3) is 0 Å². The molecule has 0 aromatic heterocycles. The van der Waals surface area contributed by atoms with Crippen molar-refractivity contribution in [2.24, 2.45) is 0 Å². The van der Waals surface area contributed by atoms with Crippen molar-refractivity contribution in [3.8, 4) is 0 Å². The quantitative estimate of drug-likeness (QED) is 0.164. The SMILES string of the molecule is Cc1ccc2c(c1)C(c1ccccc1)(c1ccccc1)c1cc(C)ccc1N2c1ccc2c(c1)Nc1ccccc1B2c1c(C(C)C)cc(C(C)C)cc1C(C)C. The highest BCUT2D eigenvalue weighted by atomic mass is 15.2. The molecule has 0 saturated carbocycles. The van der Waals surface area contributed by atoms with E-state index in [2.05, 4.69) is 217 Å². The first-order valence-electron chi connectivity index (χ1n) is 20.9. The van der Waals surface area contributed by atoms with E-state index in [-0.39, 0.29) is 6.71 Å². The highest BCUT2D eigenvalue weighted by molar-refractivity contribution is 6.98. The minimum absolute atomic E-state index is 0.109. The van der Waals surface area contributed by atoms with Gasteiger partial charge < -0.3 is 10.2 Å². The number of rotatable bonds is 7. The maximum atomic E-state index is 3.95. The maximum Gasteiger partial charge on any atom is 0.247 e. The lowest BCUT2D eigenvalue weighted by molar-refractivity contribution is 0.729. The summed E-state index contributed by atoms with van der Waals surface area (Å²) in [6, 6.07) is 57.5. The second-order valence-corrected chi connectivity index (χ2v) is 17.4. The Morgan fingerprint density at radius 1 is 0.491 bits per heavy atom. The Morgan fingerprint density at radius 2 is 1.00 bits per heavy atom. The summed E-state index contributed by atoms with van der Waals surface area (Å²) in [6.45, 7) is 18.7. The number of nitrogens with zero attached hydrogens (tertiary/aromatic N) is 1. The number of nitrogens with one attached hydrogen (secondary N) is 1. The zero-order valence-corrected chi connectivity index (χ0v) is 34.7. The lowest BCUT2D eigenvalue weighted by Crippen LogP contribution is -2.58. The van der Waals surface area contributed by atoms with Gasteiger partial charge in [-0.2, -0.15) is 0 Å². The molecule has 0 aliphatic carbocycles. The minimum Gasteiger partial charge on any atom is -0.356 e. The summed E-state index contributed by atoms with van der Waals surface area (Å²) in [6.07, 6.45) is 0. The predicted octanol–water partition coefficient (Wildman–Crippen LogP) is 12.4. The van der Waals surface area contributed by atoms with Crippen LogP contribution in [0.15, 0.2) is 152 Å². The normalized spacial score (nSPS) is 13.9. The number of hydrogen-bond donors (Lipinski definition) is 1. The zero-order valence-electron chi connectivity index (χ0n) is 34.7. The van der Waals surface area contributed by atoms with Crippen molar-refractivity contribution >= 4 is 51.5 Å². The van der Waals surface area contributed by atoms with Gasteiger partial charge in [0.2, 0.25) is 6.71 Å². The van der Waals surface area contributed by atoms with Gasteiger partial charge in [-0.3, -0.25) is 0 Å². The molecule has 0 amide bonds. The van der Waals surface area contributed by atoms with Gasteiger partial charge in [-0.25, -0.2) is 0 Å². The number of benzene rings is 7. The largest absolute Gasteiger partial charge is 0.356 e. The summed E-state index contributed by atoms with van der Waals surface area (Å²) in [5, 5.41) is 3.95. The molecule has 3 heteroatoms. The van der Waals surface area contributed by atoms with E-state index >= 15 is 0 Å². The minimum atomic E-state index is -0.513. The third kappa shape index (κ3) is 5.93. The fourth-order valence-corrected chi connectivity index (χ4v) is 9.88. The van der Waals surface area contributed by atoms with Crippen LogP contribution in [0, 0.1) is 13.8 Å². The van der Waals surface area contributed by atoms with E-state index in [0.717, 1.165) is 5.69 Å².